The quantitative estimate of drug-likeness (QED) is 0.827. The van der Waals surface area contributed by atoms with Crippen molar-refractivity contribution >= 4 is 11.6 Å². The number of nitrogens with one attached hydrogen (secondary N) is 2. The second-order valence-corrected chi connectivity index (χ2v) is 5.12. The van der Waals surface area contributed by atoms with Crippen LogP contribution in [0.15, 0.2) is 48.5 Å². The Morgan fingerprint density at radius 1 is 1.19 bits per heavy atom. The first kappa shape index (κ1) is 13.4. The minimum atomic E-state index is -0.214. The molecule has 21 heavy (non-hydrogen) atoms. The first-order chi connectivity index (χ1) is 10.3. The Morgan fingerprint density at radius 2 is 2.00 bits per heavy atom. The summed E-state index contributed by atoms with van der Waals surface area (Å²) < 4.78 is 0. The maximum Gasteiger partial charge on any atom is 0.241 e. The number of hydrogen-bond acceptors (Lipinski definition) is 2. The van der Waals surface area contributed by atoms with Gasteiger partial charge in [0.05, 0.1) is 6.04 Å². The summed E-state index contributed by atoms with van der Waals surface area (Å²) >= 11 is 0. The maximum atomic E-state index is 12.4. The number of fused-ring (bicyclic) bond motifs is 1. The Kier molecular flexibility index (Phi) is 3.72. The van der Waals surface area contributed by atoms with Gasteiger partial charge in [0, 0.05) is 17.8 Å². The molecule has 0 bridgehead atoms. The summed E-state index contributed by atoms with van der Waals surface area (Å²) in [5, 5.41) is 6.19. The Labute approximate surface area is 124 Å². The fraction of sp³-hybridized carbons (Fsp3) is 0.167. The predicted molar refractivity (Wildman–Crippen MR) is 83.8 cm³/mol. The van der Waals surface area contributed by atoms with Crippen molar-refractivity contribution in [3.8, 4) is 12.3 Å². The summed E-state index contributed by atoms with van der Waals surface area (Å²) in [6, 6.07) is 15.3. The number of rotatable bonds is 2. The second kappa shape index (κ2) is 5.82. The summed E-state index contributed by atoms with van der Waals surface area (Å²) in [7, 11) is 0. The topological polar surface area (TPSA) is 41.1 Å². The van der Waals surface area contributed by atoms with E-state index >= 15 is 0 Å². The third-order valence-corrected chi connectivity index (χ3v) is 3.69. The molecule has 0 fully saturated rings. The molecule has 1 atom stereocenters. The van der Waals surface area contributed by atoms with Crippen molar-refractivity contribution in [1.29, 1.82) is 0 Å². The van der Waals surface area contributed by atoms with Crippen LogP contribution in [-0.2, 0) is 17.8 Å². The van der Waals surface area contributed by atoms with Gasteiger partial charge >= 0.3 is 0 Å². The molecule has 2 aromatic carbocycles. The van der Waals surface area contributed by atoms with E-state index in [1.165, 1.54) is 11.1 Å². The van der Waals surface area contributed by atoms with Gasteiger partial charge in [-0.15, -0.1) is 6.42 Å². The fourth-order valence-corrected chi connectivity index (χ4v) is 2.56. The molecule has 0 saturated heterocycles. The molecule has 2 aromatic rings. The minimum Gasteiger partial charge on any atom is -0.325 e. The van der Waals surface area contributed by atoms with Crippen molar-refractivity contribution in [3.05, 3.63) is 65.2 Å². The molecular weight excluding hydrogens is 260 g/mol. The van der Waals surface area contributed by atoms with Crippen LogP contribution in [0.3, 0.4) is 0 Å². The lowest BCUT2D eigenvalue weighted by Gasteiger charge is -2.25. The van der Waals surface area contributed by atoms with Crippen molar-refractivity contribution < 1.29 is 4.79 Å². The van der Waals surface area contributed by atoms with Crippen LogP contribution in [0.2, 0.25) is 0 Å². The highest BCUT2D eigenvalue weighted by Gasteiger charge is 2.23. The number of carbonyl (C=O) groups is 1. The molecule has 1 aliphatic rings. The van der Waals surface area contributed by atoms with E-state index in [1.54, 1.807) is 6.07 Å². The van der Waals surface area contributed by atoms with E-state index in [-0.39, 0.29) is 11.9 Å². The molecule has 1 aliphatic heterocycles. The van der Waals surface area contributed by atoms with Gasteiger partial charge in [0.15, 0.2) is 0 Å². The molecule has 3 heteroatoms. The molecule has 0 aliphatic carbocycles. The van der Waals surface area contributed by atoms with Crippen LogP contribution in [0, 0.1) is 12.3 Å². The molecule has 0 spiro atoms. The highest BCUT2D eigenvalue weighted by atomic mass is 16.2. The van der Waals surface area contributed by atoms with Crippen molar-refractivity contribution in [2.75, 3.05) is 5.32 Å². The smallest absolute Gasteiger partial charge is 0.241 e. The van der Waals surface area contributed by atoms with Gasteiger partial charge in [-0.3, -0.25) is 4.79 Å². The molecule has 104 valence electrons. The zero-order valence-corrected chi connectivity index (χ0v) is 11.6. The molecule has 1 heterocycles. The number of anilines is 1. The van der Waals surface area contributed by atoms with Gasteiger partial charge in [-0.1, -0.05) is 36.3 Å². The van der Waals surface area contributed by atoms with Crippen molar-refractivity contribution in [2.24, 2.45) is 0 Å². The molecule has 0 radical (unpaired) electrons. The van der Waals surface area contributed by atoms with Crippen LogP contribution < -0.4 is 10.6 Å². The van der Waals surface area contributed by atoms with Crippen LogP contribution in [0.1, 0.15) is 16.7 Å². The normalized spacial score (nSPS) is 16.6. The van der Waals surface area contributed by atoms with Crippen molar-refractivity contribution in [3.63, 3.8) is 0 Å². The van der Waals surface area contributed by atoms with E-state index in [2.05, 4.69) is 28.7 Å². The summed E-state index contributed by atoms with van der Waals surface area (Å²) in [5.74, 6) is 2.54. The first-order valence-corrected chi connectivity index (χ1v) is 6.94. The zero-order valence-electron chi connectivity index (χ0n) is 11.6. The number of hydrogen-bond donors (Lipinski definition) is 2. The number of benzene rings is 2. The predicted octanol–water partition coefficient (Wildman–Crippen LogP) is 2.32. The number of terminal acetylenes is 1. The molecule has 3 rings (SSSR count). The SMILES string of the molecule is C#Cc1cccc(NC(=O)C2Cc3ccccc3CN2)c1. The maximum absolute atomic E-state index is 12.4. The van der Waals surface area contributed by atoms with Crippen LogP contribution in [0.4, 0.5) is 5.69 Å². The summed E-state index contributed by atoms with van der Waals surface area (Å²) in [4.78, 5) is 12.4. The van der Waals surface area contributed by atoms with Gasteiger partial charge < -0.3 is 10.6 Å². The Hall–Kier alpha value is -2.57. The summed E-state index contributed by atoms with van der Waals surface area (Å²) in [5.41, 5.74) is 3.98. The fourth-order valence-electron chi connectivity index (χ4n) is 2.56. The van der Waals surface area contributed by atoms with Gasteiger partial charge in [-0.05, 0) is 35.7 Å². The van der Waals surface area contributed by atoms with E-state index in [1.807, 2.05) is 30.3 Å². The zero-order chi connectivity index (χ0) is 14.7. The first-order valence-electron chi connectivity index (χ1n) is 6.94. The lowest BCUT2D eigenvalue weighted by atomic mass is 9.95. The highest BCUT2D eigenvalue weighted by molar-refractivity contribution is 5.95. The Morgan fingerprint density at radius 3 is 2.81 bits per heavy atom. The van der Waals surface area contributed by atoms with Gasteiger partial charge in [-0.2, -0.15) is 0 Å². The Balaban J connectivity index is 1.71. The average Bonchev–Trinajstić information content (AvgIpc) is 2.54. The Bertz CT molecular complexity index is 715. The second-order valence-electron chi connectivity index (χ2n) is 5.12. The summed E-state index contributed by atoms with van der Waals surface area (Å²) in [6.07, 6.45) is 6.08. The standard InChI is InChI=1S/C18H16N2O/c1-2-13-6-5-9-16(10-13)20-18(21)17-11-14-7-3-4-8-15(14)12-19-17/h1,3-10,17,19H,11-12H2,(H,20,21). The molecular formula is C18H16N2O. The third-order valence-electron chi connectivity index (χ3n) is 3.69. The molecule has 0 saturated carbocycles. The van der Waals surface area contributed by atoms with Gasteiger partial charge in [0.1, 0.15) is 0 Å². The van der Waals surface area contributed by atoms with Gasteiger partial charge in [-0.25, -0.2) is 0 Å². The third kappa shape index (κ3) is 2.96. The number of carbonyl (C=O) groups excluding carboxylic acids is 1. The van der Waals surface area contributed by atoms with E-state index in [9.17, 15) is 4.79 Å². The van der Waals surface area contributed by atoms with Crippen LogP contribution in [0.5, 0.6) is 0 Å². The molecule has 1 unspecified atom stereocenters. The molecule has 1 amide bonds. The monoisotopic (exact) mass is 276 g/mol. The largest absolute Gasteiger partial charge is 0.325 e. The molecule has 3 nitrogen and oxygen atoms in total. The average molecular weight is 276 g/mol. The van der Waals surface area contributed by atoms with Crippen LogP contribution >= 0.6 is 0 Å². The molecule has 2 N–H and O–H groups in total. The lowest BCUT2D eigenvalue weighted by Crippen LogP contribution is -2.44. The van der Waals surface area contributed by atoms with E-state index in [0.29, 0.717) is 6.42 Å². The molecule has 0 aromatic heterocycles. The van der Waals surface area contributed by atoms with E-state index in [4.69, 9.17) is 6.42 Å². The number of amides is 1. The van der Waals surface area contributed by atoms with Crippen LogP contribution in [0.25, 0.3) is 0 Å². The highest BCUT2D eigenvalue weighted by Crippen LogP contribution is 2.17. The minimum absolute atomic E-state index is 0.0290. The lowest BCUT2D eigenvalue weighted by molar-refractivity contribution is -0.118. The van der Waals surface area contributed by atoms with Crippen molar-refractivity contribution in [2.45, 2.75) is 19.0 Å². The van der Waals surface area contributed by atoms with E-state index in [0.717, 1.165) is 17.8 Å². The summed E-state index contributed by atoms with van der Waals surface area (Å²) in [6.45, 7) is 0.721. The van der Waals surface area contributed by atoms with Gasteiger partial charge in [0.25, 0.3) is 0 Å². The van der Waals surface area contributed by atoms with Gasteiger partial charge in [0.2, 0.25) is 5.91 Å². The van der Waals surface area contributed by atoms with E-state index < -0.39 is 0 Å². The van der Waals surface area contributed by atoms with Crippen LogP contribution in [-0.4, -0.2) is 11.9 Å². The van der Waals surface area contributed by atoms with Crippen molar-refractivity contribution in [1.82, 2.24) is 5.32 Å².